The highest BCUT2D eigenvalue weighted by Crippen LogP contribution is 2.53. The first-order valence-corrected chi connectivity index (χ1v) is 10.7. The van der Waals surface area contributed by atoms with E-state index in [-0.39, 0.29) is 11.6 Å². The van der Waals surface area contributed by atoms with Crippen molar-refractivity contribution in [1.29, 1.82) is 0 Å². The number of aliphatic hydroxyl groups excluding tert-OH is 1. The van der Waals surface area contributed by atoms with Crippen LogP contribution in [0.5, 0.6) is 5.75 Å². The van der Waals surface area contributed by atoms with Crippen LogP contribution in [-0.4, -0.2) is 51.0 Å². The SMILES string of the molecule is C[C@@H](O)[C@H]1C(=O)N2C(C(=O)O)=C(c3ccc(C[n+]4cccc(OCC(=O)[O-])c4)cc3)S[C@H]12. The van der Waals surface area contributed by atoms with Crippen molar-refractivity contribution in [2.24, 2.45) is 5.92 Å². The van der Waals surface area contributed by atoms with Crippen LogP contribution in [0, 0.1) is 5.92 Å². The average Bonchev–Trinajstić information content (AvgIpc) is 3.08. The molecule has 0 spiro atoms. The van der Waals surface area contributed by atoms with E-state index < -0.39 is 35.9 Å². The number of carbonyl (C=O) groups excluding carboxylic acids is 2. The second-order valence-electron chi connectivity index (χ2n) is 7.54. The Morgan fingerprint density at radius 3 is 2.62 bits per heavy atom. The van der Waals surface area contributed by atoms with Gasteiger partial charge in [-0.2, -0.15) is 4.57 Å². The minimum atomic E-state index is -1.30. The molecule has 3 atom stereocenters. The number of nitrogens with zero attached hydrogens (tertiary/aromatic N) is 2. The molecular weight excluding hydrogens is 436 g/mol. The summed E-state index contributed by atoms with van der Waals surface area (Å²) in [5.74, 6) is -3.08. The average molecular weight is 456 g/mol. The van der Waals surface area contributed by atoms with Crippen molar-refractivity contribution in [3.05, 3.63) is 65.6 Å². The molecule has 0 aliphatic carbocycles. The van der Waals surface area contributed by atoms with Crippen LogP contribution in [-0.2, 0) is 20.9 Å². The molecule has 1 aromatic heterocycles. The summed E-state index contributed by atoms with van der Waals surface area (Å²) < 4.78 is 6.95. The molecule has 0 unspecified atom stereocenters. The van der Waals surface area contributed by atoms with Gasteiger partial charge in [-0.25, -0.2) is 4.79 Å². The molecule has 2 aliphatic rings. The first kappa shape index (κ1) is 21.8. The molecule has 32 heavy (non-hydrogen) atoms. The fourth-order valence-electron chi connectivity index (χ4n) is 3.78. The zero-order chi connectivity index (χ0) is 23.0. The summed E-state index contributed by atoms with van der Waals surface area (Å²) in [6.45, 7) is 1.48. The van der Waals surface area contributed by atoms with Gasteiger partial charge in [-0.1, -0.05) is 36.0 Å². The lowest BCUT2D eigenvalue weighted by atomic mass is 9.92. The highest BCUT2D eigenvalue weighted by atomic mass is 32.2. The number of rotatable bonds is 8. The Hall–Kier alpha value is -3.37. The van der Waals surface area contributed by atoms with E-state index in [1.807, 2.05) is 22.9 Å². The van der Waals surface area contributed by atoms with Crippen molar-refractivity contribution in [3.63, 3.8) is 0 Å². The Morgan fingerprint density at radius 2 is 2.00 bits per heavy atom. The highest BCUT2D eigenvalue weighted by Gasteiger charge is 2.57. The molecule has 166 valence electrons. The molecular formula is C22H20N2O7S. The molecule has 9 nitrogen and oxygen atoms in total. The molecule has 2 aromatic rings. The molecule has 0 saturated carbocycles. The number of aliphatic hydroxyl groups is 1. The van der Waals surface area contributed by atoms with Gasteiger partial charge in [0.2, 0.25) is 12.1 Å². The van der Waals surface area contributed by atoms with E-state index in [2.05, 4.69) is 0 Å². The lowest BCUT2D eigenvalue weighted by Gasteiger charge is -2.43. The molecule has 0 radical (unpaired) electrons. The van der Waals surface area contributed by atoms with Gasteiger partial charge in [0.25, 0.3) is 0 Å². The summed E-state index contributed by atoms with van der Waals surface area (Å²) in [4.78, 5) is 36.5. The summed E-state index contributed by atoms with van der Waals surface area (Å²) >= 11 is 1.28. The molecule has 1 aromatic carbocycles. The van der Waals surface area contributed by atoms with Gasteiger partial charge in [0.15, 0.2) is 18.5 Å². The zero-order valence-corrected chi connectivity index (χ0v) is 17.8. The van der Waals surface area contributed by atoms with Gasteiger partial charge in [0.05, 0.1) is 18.0 Å². The fourth-order valence-corrected chi connectivity index (χ4v) is 5.40. The Bertz CT molecular complexity index is 1110. The molecule has 2 aliphatic heterocycles. The Morgan fingerprint density at radius 1 is 1.28 bits per heavy atom. The first-order chi connectivity index (χ1) is 15.3. The number of thioether (sulfide) groups is 1. The summed E-state index contributed by atoms with van der Waals surface area (Å²) in [5.41, 5.74) is 1.55. The van der Waals surface area contributed by atoms with Gasteiger partial charge in [0, 0.05) is 16.5 Å². The van der Waals surface area contributed by atoms with Crippen molar-refractivity contribution in [3.8, 4) is 5.75 Å². The van der Waals surface area contributed by atoms with Gasteiger partial charge in [-0.3, -0.25) is 9.69 Å². The molecule has 4 rings (SSSR count). The normalized spacial score (nSPS) is 20.6. The second-order valence-corrected chi connectivity index (χ2v) is 8.66. The van der Waals surface area contributed by atoms with Crippen molar-refractivity contribution in [1.82, 2.24) is 4.90 Å². The maximum atomic E-state index is 12.4. The third kappa shape index (κ3) is 4.06. The summed E-state index contributed by atoms with van der Waals surface area (Å²) in [5, 5.41) is 29.7. The first-order valence-electron chi connectivity index (χ1n) is 9.82. The van der Waals surface area contributed by atoms with E-state index in [0.29, 0.717) is 22.8 Å². The van der Waals surface area contributed by atoms with Crippen LogP contribution in [0.25, 0.3) is 4.91 Å². The number of carbonyl (C=O) groups is 3. The number of pyridine rings is 1. The molecule has 2 N–H and O–H groups in total. The van der Waals surface area contributed by atoms with E-state index in [4.69, 9.17) is 4.74 Å². The predicted molar refractivity (Wildman–Crippen MR) is 111 cm³/mol. The second kappa shape index (κ2) is 8.64. The van der Waals surface area contributed by atoms with E-state index >= 15 is 0 Å². The van der Waals surface area contributed by atoms with Gasteiger partial charge in [0.1, 0.15) is 17.7 Å². The Labute approximate surface area is 187 Å². The Kier molecular flexibility index (Phi) is 5.90. The smallest absolute Gasteiger partial charge is 0.353 e. The minimum absolute atomic E-state index is 0.0539. The number of carboxylic acid groups (broad SMARTS) is 2. The third-order valence-corrected chi connectivity index (χ3v) is 6.68. The number of ether oxygens (including phenoxy) is 1. The van der Waals surface area contributed by atoms with E-state index in [1.54, 1.807) is 30.5 Å². The lowest BCUT2D eigenvalue weighted by Crippen LogP contribution is -2.60. The zero-order valence-electron chi connectivity index (χ0n) is 17.0. The molecule has 1 amide bonds. The summed E-state index contributed by atoms with van der Waals surface area (Å²) in [6.07, 6.45) is 2.63. The maximum absolute atomic E-state index is 12.4. The van der Waals surface area contributed by atoms with Crippen LogP contribution in [0.1, 0.15) is 18.1 Å². The third-order valence-electron chi connectivity index (χ3n) is 5.27. The number of hydrogen-bond donors (Lipinski definition) is 2. The number of aliphatic carboxylic acids is 2. The van der Waals surface area contributed by atoms with Crippen LogP contribution in [0.15, 0.2) is 54.5 Å². The minimum Gasteiger partial charge on any atom is -0.546 e. The topological polar surface area (TPSA) is 131 Å². The number of hydrogen-bond acceptors (Lipinski definition) is 7. The Balaban J connectivity index is 1.52. The van der Waals surface area contributed by atoms with Crippen molar-refractivity contribution in [2.45, 2.75) is 24.9 Å². The predicted octanol–water partition coefficient (Wildman–Crippen LogP) is -0.184. The quantitative estimate of drug-likeness (QED) is 0.413. The fraction of sp³-hybridized carbons (Fsp3) is 0.273. The lowest BCUT2D eigenvalue weighted by molar-refractivity contribution is -0.688. The molecule has 3 heterocycles. The highest BCUT2D eigenvalue weighted by molar-refractivity contribution is 8.09. The van der Waals surface area contributed by atoms with E-state index in [0.717, 1.165) is 5.56 Å². The van der Waals surface area contributed by atoms with Crippen molar-refractivity contribution in [2.75, 3.05) is 6.61 Å². The molecule has 0 bridgehead atoms. The number of benzene rings is 1. The van der Waals surface area contributed by atoms with Crippen LogP contribution in [0.2, 0.25) is 0 Å². The number of fused-ring (bicyclic) bond motifs is 1. The van der Waals surface area contributed by atoms with Crippen molar-refractivity contribution < 1.29 is 39.0 Å². The van der Waals surface area contributed by atoms with Gasteiger partial charge < -0.3 is 24.9 Å². The van der Waals surface area contributed by atoms with Crippen LogP contribution < -0.4 is 14.4 Å². The monoisotopic (exact) mass is 456 g/mol. The molecule has 1 saturated heterocycles. The number of carboxylic acids is 2. The summed E-state index contributed by atoms with van der Waals surface area (Å²) in [6, 6.07) is 10.7. The van der Waals surface area contributed by atoms with Gasteiger partial charge in [-0.15, -0.1) is 0 Å². The van der Waals surface area contributed by atoms with Crippen molar-refractivity contribution >= 4 is 34.5 Å². The standard InChI is InChI=1S/C22H20N2O7S/c1-12(25)17-20(28)24-18(22(29)30)19(32-21(17)24)14-6-4-13(5-7-14)9-23-8-2-3-15(10-23)31-11-16(26)27/h2-8,10,12,17,21,25H,9,11H2,1H3,(H-,26,27,29,30)/t12-,17+,21-/m1/s1. The largest absolute Gasteiger partial charge is 0.546 e. The van der Waals surface area contributed by atoms with E-state index in [1.165, 1.54) is 23.6 Å². The summed E-state index contributed by atoms with van der Waals surface area (Å²) in [7, 11) is 0. The van der Waals surface area contributed by atoms with E-state index in [9.17, 15) is 29.7 Å². The van der Waals surface area contributed by atoms with Crippen LogP contribution in [0.3, 0.4) is 0 Å². The van der Waals surface area contributed by atoms with Gasteiger partial charge in [-0.05, 0) is 18.6 Å². The maximum Gasteiger partial charge on any atom is 0.353 e. The molecule has 10 heteroatoms. The number of amides is 1. The van der Waals surface area contributed by atoms with Gasteiger partial charge >= 0.3 is 5.97 Å². The number of β-lactam (4-membered cyclic amide) rings is 1. The van der Waals surface area contributed by atoms with Crippen LogP contribution >= 0.6 is 11.8 Å². The molecule has 1 fully saturated rings. The number of aromatic nitrogens is 1. The van der Waals surface area contributed by atoms with Crippen LogP contribution in [0.4, 0.5) is 0 Å².